The van der Waals surface area contributed by atoms with Crippen LogP contribution in [0, 0.1) is 0 Å². The summed E-state index contributed by atoms with van der Waals surface area (Å²) in [6.07, 6.45) is -2.74. The van der Waals surface area contributed by atoms with Crippen molar-refractivity contribution in [2.24, 2.45) is 0 Å². The lowest BCUT2D eigenvalue weighted by Gasteiger charge is -2.12. The number of fused-ring (bicyclic) bond motifs is 2. The Morgan fingerprint density at radius 2 is 1.82 bits per heavy atom. The Kier molecular flexibility index (Phi) is 5.54. The third-order valence-electron chi connectivity index (χ3n) is 5.28. The van der Waals surface area contributed by atoms with Crippen LogP contribution in [0.2, 0.25) is 0 Å². The molecule has 34 heavy (non-hydrogen) atoms. The van der Waals surface area contributed by atoms with Crippen LogP contribution in [0.25, 0.3) is 11.0 Å². The number of carbonyl (C=O) groups is 2. The molecule has 172 valence electrons. The van der Waals surface area contributed by atoms with Gasteiger partial charge in [0.25, 0.3) is 18.2 Å². The molecule has 3 N–H and O–H groups in total. The topological polar surface area (TPSA) is 105 Å². The van der Waals surface area contributed by atoms with E-state index in [1.165, 1.54) is 18.2 Å². The summed E-state index contributed by atoms with van der Waals surface area (Å²) in [4.78, 5) is 31.9. The molecule has 2 amide bonds. The number of H-pyrrole nitrogens is 1. The molecule has 0 bridgehead atoms. The van der Waals surface area contributed by atoms with Gasteiger partial charge in [-0.25, -0.2) is 13.8 Å². The second-order valence-corrected chi connectivity index (χ2v) is 7.52. The van der Waals surface area contributed by atoms with Gasteiger partial charge in [0.05, 0.1) is 22.3 Å². The molecule has 0 radical (unpaired) electrons. The summed E-state index contributed by atoms with van der Waals surface area (Å²) in [7, 11) is 0. The number of ether oxygens (including phenoxy) is 2. The van der Waals surface area contributed by atoms with Crippen LogP contribution in [-0.2, 0) is 6.54 Å². The van der Waals surface area contributed by atoms with Gasteiger partial charge < -0.3 is 25.1 Å². The van der Waals surface area contributed by atoms with E-state index in [1.54, 1.807) is 36.4 Å². The number of para-hydroxylation sites is 1. The van der Waals surface area contributed by atoms with Gasteiger partial charge in [-0.15, -0.1) is 0 Å². The number of amides is 2. The van der Waals surface area contributed by atoms with Crippen LogP contribution >= 0.6 is 0 Å². The fraction of sp³-hybridized carbons (Fsp3) is 0.125. The maximum atomic E-state index is 12.9. The third kappa shape index (κ3) is 4.25. The van der Waals surface area contributed by atoms with E-state index in [0.717, 1.165) is 5.56 Å². The van der Waals surface area contributed by atoms with Gasteiger partial charge >= 0.3 is 0 Å². The summed E-state index contributed by atoms with van der Waals surface area (Å²) >= 11 is 0. The molecule has 1 aromatic heterocycles. The maximum absolute atomic E-state index is 12.9. The number of halogens is 2. The van der Waals surface area contributed by atoms with E-state index >= 15 is 0 Å². The number of hydrogen-bond acceptors (Lipinski definition) is 5. The van der Waals surface area contributed by atoms with Crippen molar-refractivity contribution in [2.45, 2.75) is 13.0 Å². The lowest BCUT2D eigenvalue weighted by atomic mass is 10.1. The Morgan fingerprint density at radius 1 is 1.00 bits per heavy atom. The lowest BCUT2D eigenvalue weighted by molar-refractivity contribution is 0.0951. The largest absolute Gasteiger partial charge is 0.454 e. The first-order valence-electron chi connectivity index (χ1n) is 10.3. The van der Waals surface area contributed by atoms with Crippen LogP contribution in [0.5, 0.6) is 11.5 Å². The molecule has 2 heterocycles. The van der Waals surface area contributed by atoms with Crippen LogP contribution in [0.15, 0.2) is 60.7 Å². The zero-order valence-electron chi connectivity index (χ0n) is 17.6. The van der Waals surface area contributed by atoms with E-state index in [4.69, 9.17) is 9.47 Å². The lowest BCUT2D eigenvalue weighted by Crippen LogP contribution is -2.24. The minimum absolute atomic E-state index is 0.166. The molecule has 1 aliphatic heterocycles. The number of aromatic amines is 1. The van der Waals surface area contributed by atoms with Crippen LogP contribution < -0.4 is 20.1 Å². The van der Waals surface area contributed by atoms with Crippen molar-refractivity contribution in [3.8, 4) is 11.5 Å². The molecule has 0 spiro atoms. The molecular formula is C24H18F2N4O4. The summed E-state index contributed by atoms with van der Waals surface area (Å²) in [5.41, 5.74) is 2.29. The van der Waals surface area contributed by atoms with Gasteiger partial charge in [0, 0.05) is 12.1 Å². The Balaban J connectivity index is 1.30. The molecule has 10 heteroatoms. The van der Waals surface area contributed by atoms with Gasteiger partial charge in [0.2, 0.25) is 6.79 Å². The standard InChI is InChI=1S/C24H18F2N4O4/c25-21(26)22-28-17-7-6-14(10-18(17)29-22)23(31)30-16-4-2-1-3-15(16)24(32)27-11-13-5-8-19-20(9-13)34-12-33-19/h1-10,21H,11-12H2,(H,27,32)(H,28,29)(H,30,31). The molecule has 0 saturated carbocycles. The number of nitrogens with zero attached hydrogens (tertiary/aromatic N) is 1. The first-order valence-corrected chi connectivity index (χ1v) is 10.3. The molecular weight excluding hydrogens is 446 g/mol. The maximum Gasteiger partial charge on any atom is 0.295 e. The van der Waals surface area contributed by atoms with Crippen LogP contribution in [-0.4, -0.2) is 28.6 Å². The number of aromatic nitrogens is 2. The summed E-state index contributed by atoms with van der Waals surface area (Å²) < 4.78 is 36.4. The molecule has 0 aliphatic carbocycles. The van der Waals surface area contributed by atoms with Gasteiger partial charge in [0.15, 0.2) is 17.3 Å². The van der Waals surface area contributed by atoms with Gasteiger partial charge in [-0.05, 0) is 48.0 Å². The van der Waals surface area contributed by atoms with Crippen LogP contribution in [0.4, 0.5) is 14.5 Å². The Morgan fingerprint density at radius 3 is 2.68 bits per heavy atom. The molecule has 3 aromatic carbocycles. The van der Waals surface area contributed by atoms with Crippen molar-refractivity contribution in [1.29, 1.82) is 0 Å². The molecule has 0 atom stereocenters. The fourth-order valence-electron chi connectivity index (χ4n) is 3.59. The van der Waals surface area contributed by atoms with E-state index in [2.05, 4.69) is 20.6 Å². The minimum atomic E-state index is -2.74. The van der Waals surface area contributed by atoms with E-state index in [9.17, 15) is 18.4 Å². The summed E-state index contributed by atoms with van der Waals surface area (Å²) in [6, 6.07) is 16.4. The number of alkyl halides is 2. The number of anilines is 1. The second-order valence-electron chi connectivity index (χ2n) is 7.52. The minimum Gasteiger partial charge on any atom is -0.454 e. The van der Waals surface area contributed by atoms with E-state index in [-0.39, 0.29) is 30.4 Å². The molecule has 5 rings (SSSR count). The van der Waals surface area contributed by atoms with Crippen molar-refractivity contribution in [3.63, 3.8) is 0 Å². The monoisotopic (exact) mass is 464 g/mol. The summed E-state index contributed by atoms with van der Waals surface area (Å²) in [5.74, 6) is -0.0569. The number of rotatable bonds is 6. The average Bonchev–Trinajstić information content (AvgIpc) is 3.49. The Hall–Kier alpha value is -4.47. The molecule has 0 saturated heterocycles. The van der Waals surface area contributed by atoms with Crippen molar-refractivity contribution < 1.29 is 27.8 Å². The highest BCUT2D eigenvalue weighted by Gasteiger charge is 2.18. The van der Waals surface area contributed by atoms with Crippen molar-refractivity contribution in [1.82, 2.24) is 15.3 Å². The smallest absolute Gasteiger partial charge is 0.295 e. The number of nitrogens with one attached hydrogen (secondary N) is 3. The van der Waals surface area contributed by atoms with Gasteiger partial charge in [-0.2, -0.15) is 0 Å². The van der Waals surface area contributed by atoms with E-state index in [0.29, 0.717) is 28.2 Å². The first-order chi connectivity index (χ1) is 16.5. The fourth-order valence-corrected chi connectivity index (χ4v) is 3.59. The third-order valence-corrected chi connectivity index (χ3v) is 5.28. The zero-order chi connectivity index (χ0) is 23.7. The summed E-state index contributed by atoms with van der Waals surface area (Å²) in [6.45, 7) is 0.416. The van der Waals surface area contributed by atoms with Crippen molar-refractivity contribution in [3.05, 3.63) is 83.2 Å². The zero-order valence-corrected chi connectivity index (χ0v) is 17.6. The number of carbonyl (C=O) groups excluding carboxylic acids is 2. The van der Waals surface area contributed by atoms with Crippen molar-refractivity contribution >= 4 is 28.5 Å². The predicted octanol–water partition coefficient (Wildman–Crippen LogP) is 4.41. The highest BCUT2D eigenvalue weighted by Crippen LogP contribution is 2.32. The molecule has 0 unspecified atom stereocenters. The van der Waals surface area contributed by atoms with Gasteiger partial charge in [-0.3, -0.25) is 9.59 Å². The quantitative estimate of drug-likeness (QED) is 0.392. The van der Waals surface area contributed by atoms with Crippen LogP contribution in [0.1, 0.15) is 38.5 Å². The van der Waals surface area contributed by atoms with E-state index in [1.807, 2.05) is 6.07 Å². The highest BCUT2D eigenvalue weighted by molar-refractivity contribution is 6.09. The first kappa shape index (κ1) is 21.4. The van der Waals surface area contributed by atoms with E-state index < -0.39 is 18.2 Å². The average molecular weight is 464 g/mol. The summed E-state index contributed by atoms with van der Waals surface area (Å²) in [5, 5.41) is 5.54. The number of benzene rings is 3. The van der Waals surface area contributed by atoms with Gasteiger partial charge in [0.1, 0.15) is 0 Å². The van der Waals surface area contributed by atoms with Crippen LogP contribution in [0.3, 0.4) is 0 Å². The van der Waals surface area contributed by atoms with Crippen molar-refractivity contribution in [2.75, 3.05) is 12.1 Å². The SMILES string of the molecule is O=C(Nc1ccccc1C(=O)NCc1ccc2c(c1)OCO2)c1ccc2nc(C(F)F)[nH]c2c1. The highest BCUT2D eigenvalue weighted by atomic mass is 19.3. The van der Waals surface area contributed by atoms with Gasteiger partial charge in [-0.1, -0.05) is 18.2 Å². The normalized spacial score (nSPS) is 12.2. The number of imidazole rings is 1. The molecule has 0 fully saturated rings. The Bertz CT molecular complexity index is 1400. The molecule has 8 nitrogen and oxygen atoms in total. The predicted molar refractivity (Wildman–Crippen MR) is 119 cm³/mol. The molecule has 1 aliphatic rings. The number of hydrogen-bond donors (Lipinski definition) is 3. The molecule has 4 aromatic rings. The second kappa shape index (κ2) is 8.81. The Labute approximate surface area is 191 Å².